The first kappa shape index (κ1) is 20.2. The minimum atomic E-state index is -0.632. The number of hydrogen-bond acceptors (Lipinski definition) is 8. The molecule has 1 aliphatic heterocycles. The molecule has 1 aliphatic rings. The molecule has 29 heavy (non-hydrogen) atoms. The van der Waals surface area contributed by atoms with Crippen LogP contribution in [0.2, 0.25) is 0 Å². The monoisotopic (exact) mass is 411 g/mol. The number of carbonyl (C=O) groups is 2. The fourth-order valence-corrected chi connectivity index (χ4v) is 3.14. The van der Waals surface area contributed by atoms with E-state index in [4.69, 9.17) is 4.74 Å². The Morgan fingerprint density at radius 1 is 1.14 bits per heavy atom. The minimum absolute atomic E-state index is 0.0422. The topological polar surface area (TPSA) is 110 Å². The second-order valence-electron chi connectivity index (χ2n) is 5.74. The van der Waals surface area contributed by atoms with Crippen molar-refractivity contribution in [3.8, 4) is 22.6 Å². The molecule has 0 spiro atoms. The van der Waals surface area contributed by atoms with Gasteiger partial charge in [-0.25, -0.2) is 4.79 Å². The molecule has 0 unspecified atom stereocenters. The van der Waals surface area contributed by atoms with Crippen LogP contribution in [0.15, 0.2) is 63.6 Å². The number of aromatic hydroxyl groups is 1. The summed E-state index contributed by atoms with van der Waals surface area (Å²) in [7, 11) is 2.83. The second kappa shape index (κ2) is 9.07. The van der Waals surface area contributed by atoms with Crippen molar-refractivity contribution < 1.29 is 24.2 Å². The highest BCUT2D eigenvalue weighted by Crippen LogP contribution is 2.27. The predicted octanol–water partition coefficient (Wildman–Crippen LogP) is 2.68. The molecule has 0 atom stereocenters. The van der Waals surface area contributed by atoms with Crippen LogP contribution in [0.3, 0.4) is 0 Å². The molecule has 3 rings (SSSR count). The van der Waals surface area contributed by atoms with Crippen molar-refractivity contribution in [3.05, 3.63) is 59.0 Å². The number of esters is 1. The Hall–Kier alpha value is -3.59. The summed E-state index contributed by atoms with van der Waals surface area (Å²) in [5.74, 6) is -0.297. The Morgan fingerprint density at radius 2 is 1.86 bits per heavy atom. The van der Waals surface area contributed by atoms with Gasteiger partial charge in [0.2, 0.25) is 0 Å². The average molecular weight is 411 g/mol. The molecule has 0 saturated carbocycles. The number of rotatable bonds is 5. The number of nitrogens with zero attached hydrogens (tertiary/aromatic N) is 2. The van der Waals surface area contributed by atoms with Gasteiger partial charge in [0.1, 0.15) is 11.5 Å². The highest BCUT2D eigenvalue weighted by molar-refractivity contribution is 8.18. The number of methoxy groups -OCH3 is 2. The van der Waals surface area contributed by atoms with Crippen LogP contribution in [0, 0.1) is 0 Å². The number of ether oxygens (including phenoxy) is 2. The molecule has 0 aromatic heterocycles. The highest BCUT2D eigenvalue weighted by atomic mass is 32.2. The number of phenolic OH excluding ortho intramolecular Hbond substituents is 1. The third-order valence-electron chi connectivity index (χ3n) is 3.90. The molecule has 1 saturated heterocycles. The van der Waals surface area contributed by atoms with Gasteiger partial charge in [-0.15, -0.1) is 5.10 Å². The van der Waals surface area contributed by atoms with Crippen LogP contribution in [0.25, 0.3) is 11.1 Å². The summed E-state index contributed by atoms with van der Waals surface area (Å²) in [6.45, 7) is 0. The number of benzene rings is 2. The summed E-state index contributed by atoms with van der Waals surface area (Å²) in [6, 6.07) is 12.6. The second-order valence-corrected chi connectivity index (χ2v) is 6.77. The Bertz CT molecular complexity index is 1030. The van der Waals surface area contributed by atoms with Crippen molar-refractivity contribution in [2.45, 2.75) is 0 Å². The number of amidine groups is 1. The first-order valence-electron chi connectivity index (χ1n) is 8.37. The van der Waals surface area contributed by atoms with Gasteiger partial charge in [0.15, 0.2) is 5.17 Å². The number of nitrogens with one attached hydrogen (secondary N) is 1. The van der Waals surface area contributed by atoms with Crippen LogP contribution < -0.4 is 10.1 Å². The third kappa shape index (κ3) is 5.02. The van der Waals surface area contributed by atoms with Crippen LogP contribution >= 0.6 is 11.8 Å². The predicted molar refractivity (Wildman–Crippen MR) is 111 cm³/mol. The molecule has 0 radical (unpaired) electrons. The maximum absolute atomic E-state index is 11.8. The van der Waals surface area contributed by atoms with E-state index in [0.717, 1.165) is 34.7 Å². The molecule has 0 bridgehead atoms. The van der Waals surface area contributed by atoms with Gasteiger partial charge in [0, 0.05) is 11.6 Å². The van der Waals surface area contributed by atoms with Crippen molar-refractivity contribution in [1.82, 2.24) is 5.32 Å². The van der Waals surface area contributed by atoms with Crippen LogP contribution in [-0.2, 0) is 14.3 Å². The number of carbonyl (C=O) groups excluding carboxylic acids is 2. The normalized spacial score (nSPS) is 16.4. The van der Waals surface area contributed by atoms with Gasteiger partial charge in [-0.3, -0.25) is 10.1 Å². The molecular weight excluding hydrogens is 394 g/mol. The summed E-state index contributed by atoms with van der Waals surface area (Å²) in [5, 5.41) is 20.6. The van der Waals surface area contributed by atoms with Gasteiger partial charge in [0.25, 0.3) is 5.91 Å². The molecule has 1 amide bonds. The molecular formula is C20H17N3O5S. The molecule has 8 nitrogen and oxygen atoms in total. The lowest BCUT2D eigenvalue weighted by Gasteiger charge is -2.06. The van der Waals surface area contributed by atoms with Crippen molar-refractivity contribution >= 4 is 35.0 Å². The average Bonchev–Trinajstić information content (AvgIpc) is 3.08. The smallest absolute Gasteiger partial charge is 0.331 e. The number of amides is 1. The van der Waals surface area contributed by atoms with E-state index in [-0.39, 0.29) is 15.8 Å². The van der Waals surface area contributed by atoms with Gasteiger partial charge in [-0.05, 0) is 47.2 Å². The summed E-state index contributed by atoms with van der Waals surface area (Å²) in [4.78, 5) is 23.2. The number of thioether (sulfide) groups is 1. The Morgan fingerprint density at radius 3 is 2.55 bits per heavy atom. The Labute approximate surface area is 170 Å². The molecule has 9 heteroatoms. The van der Waals surface area contributed by atoms with E-state index < -0.39 is 11.9 Å². The molecule has 0 aliphatic carbocycles. The van der Waals surface area contributed by atoms with Crippen LogP contribution in [0.4, 0.5) is 0 Å². The molecule has 2 aromatic carbocycles. The minimum Gasteiger partial charge on any atom is -0.507 e. The van der Waals surface area contributed by atoms with Crippen LogP contribution in [-0.4, -0.2) is 42.6 Å². The summed E-state index contributed by atoms with van der Waals surface area (Å²) in [6.07, 6.45) is 2.46. The zero-order valence-corrected chi connectivity index (χ0v) is 16.4. The Kier molecular flexibility index (Phi) is 6.30. The van der Waals surface area contributed by atoms with Gasteiger partial charge in [-0.1, -0.05) is 18.2 Å². The maximum atomic E-state index is 11.8. The SMILES string of the molecule is COC(=O)/C=C1/S/C(=N\N=Cc2cc(-c3ccc(OC)cc3)ccc2O)NC1=O. The summed E-state index contributed by atoms with van der Waals surface area (Å²) in [5.41, 5.74) is 2.29. The lowest BCUT2D eigenvalue weighted by molar-refractivity contribution is -0.135. The van der Waals surface area contributed by atoms with E-state index in [1.165, 1.54) is 13.3 Å². The molecule has 148 valence electrons. The van der Waals surface area contributed by atoms with E-state index in [0.29, 0.717) is 5.56 Å². The van der Waals surface area contributed by atoms with E-state index in [2.05, 4.69) is 20.3 Å². The van der Waals surface area contributed by atoms with E-state index in [1.54, 1.807) is 25.3 Å². The van der Waals surface area contributed by atoms with Gasteiger partial charge < -0.3 is 14.6 Å². The standard InChI is InChI=1S/C20H17N3O5S/c1-27-15-6-3-12(4-7-15)13-5-8-16(24)14(9-13)11-21-23-20-22-19(26)17(29-20)10-18(25)28-2/h3-11,24H,1-2H3,(H,22,23,26)/b17-10+,21-11?. The fourth-order valence-electron chi connectivity index (χ4n) is 2.41. The van der Waals surface area contributed by atoms with Crippen molar-refractivity contribution in [3.63, 3.8) is 0 Å². The first-order valence-corrected chi connectivity index (χ1v) is 9.19. The van der Waals surface area contributed by atoms with Crippen molar-refractivity contribution in [2.24, 2.45) is 10.2 Å². The van der Waals surface area contributed by atoms with E-state index in [1.807, 2.05) is 24.3 Å². The lowest BCUT2D eigenvalue weighted by atomic mass is 10.0. The Balaban J connectivity index is 1.77. The largest absolute Gasteiger partial charge is 0.507 e. The van der Waals surface area contributed by atoms with Gasteiger partial charge in [0.05, 0.1) is 25.3 Å². The summed E-state index contributed by atoms with van der Waals surface area (Å²) >= 11 is 0.967. The zero-order chi connectivity index (χ0) is 20.8. The van der Waals surface area contributed by atoms with Crippen LogP contribution in [0.5, 0.6) is 11.5 Å². The van der Waals surface area contributed by atoms with Crippen LogP contribution in [0.1, 0.15) is 5.56 Å². The van der Waals surface area contributed by atoms with Gasteiger partial charge in [-0.2, -0.15) is 5.10 Å². The van der Waals surface area contributed by atoms with Crippen molar-refractivity contribution in [1.29, 1.82) is 0 Å². The van der Waals surface area contributed by atoms with E-state index in [9.17, 15) is 14.7 Å². The quantitative estimate of drug-likeness (QED) is 0.339. The maximum Gasteiger partial charge on any atom is 0.331 e. The number of hydrogen-bond donors (Lipinski definition) is 2. The molecule has 1 fully saturated rings. The highest BCUT2D eigenvalue weighted by Gasteiger charge is 2.25. The third-order valence-corrected chi connectivity index (χ3v) is 4.80. The fraction of sp³-hybridized carbons (Fsp3) is 0.100. The first-order chi connectivity index (χ1) is 14.0. The zero-order valence-electron chi connectivity index (χ0n) is 15.6. The van der Waals surface area contributed by atoms with Crippen molar-refractivity contribution in [2.75, 3.05) is 14.2 Å². The summed E-state index contributed by atoms with van der Waals surface area (Å²) < 4.78 is 9.65. The molecule has 1 heterocycles. The molecule has 2 N–H and O–H groups in total. The van der Waals surface area contributed by atoms with Gasteiger partial charge >= 0.3 is 5.97 Å². The number of phenols is 1. The molecule has 2 aromatic rings. The lowest BCUT2D eigenvalue weighted by Crippen LogP contribution is -2.19. The van der Waals surface area contributed by atoms with E-state index >= 15 is 0 Å².